The summed E-state index contributed by atoms with van der Waals surface area (Å²) in [5.74, 6) is 2.99. The van der Waals surface area contributed by atoms with Crippen LogP contribution in [0.1, 0.15) is 85.5 Å². The van der Waals surface area contributed by atoms with Gasteiger partial charge in [0.15, 0.2) is 5.78 Å². The Kier molecular flexibility index (Phi) is 3.86. The molecule has 0 spiro atoms. The van der Waals surface area contributed by atoms with Crippen LogP contribution in [0, 0.1) is 28.6 Å². The number of ketones is 1. The van der Waals surface area contributed by atoms with E-state index in [1.54, 1.807) is 5.57 Å². The Balaban J connectivity index is 1.69. The minimum absolute atomic E-state index is 0.324. The molecule has 4 aliphatic carbocycles. The second-order valence-corrected chi connectivity index (χ2v) is 9.58. The van der Waals surface area contributed by atoms with Gasteiger partial charge in [-0.15, -0.1) is 0 Å². The predicted molar refractivity (Wildman–Crippen MR) is 99.7 cm³/mol. The van der Waals surface area contributed by atoms with Crippen molar-refractivity contribution in [1.82, 2.24) is 0 Å². The van der Waals surface area contributed by atoms with E-state index >= 15 is 0 Å². The third kappa shape index (κ3) is 2.15. The number of carbonyl (C=O) groups excluding carboxylic acids is 1. The Hall–Kier alpha value is -0.850. The third-order valence-electron chi connectivity index (χ3n) is 8.79. The molecular formula is C23H34O. The summed E-state index contributed by atoms with van der Waals surface area (Å²) in [4.78, 5) is 11.9. The van der Waals surface area contributed by atoms with E-state index in [-0.39, 0.29) is 0 Å². The molecule has 0 aromatic carbocycles. The van der Waals surface area contributed by atoms with E-state index in [4.69, 9.17) is 0 Å². The molecule has 1 nitrogen and oxygen atoms in total. The molecule has 0 aromatic heterocycles. The van der Waals surface area contributed by atoms with Gasteiger partial charge < -0.3 is 0 Å². The van der Waals surface area contributed by atoms with Crippen LogP contribution in [0.25, 0.3) is 0 Å². The van der Waals surface area contributed by atoms with Gasteiger partial charge in [0.05, 0.1) is 0 Å². The second kappa shape index (κ2) is 5.58. The highest BCUT2D eigenvalue weighted by Crippen LogP contribution is 2.66. The molecule has 5 unspecified atom stereocenters. The van der Waals surface area contributed by atoms with Crippen molar-refractivity contribution in [3.63, 3.8) is 0 Å². The highest BCUT2D eigenvalue weighted by molar-refractivity contribution is 5.91. The maximum absolute atomic E-state index is 11.9. The summed E-state index contributed by atoms with van der Waals surface area (Å²) in [6, 6.07) is 0. The van der Waals surface area contributed by atoms with Crippen molar-refractivity contribution < 1.29 is 4.79 Å². The van der Waals surface area contributed by atoms with Crippen molar-refractivity contribution in [1.29, 1.82) is 0 Å². The molecule has 0 saturated heterocycles. The molecule has 0 amide bonds. The van der Waals surface area contributed by atoms with Gasteiger partial charge in [0.25, 0.3) is 0 Å². The van der Waals surface area contributed by atoms with Crippen molar-refractivity contribution in [2.45, 2.75) is 85.5 Å². The average Bonchev–Trinajstić information content (AvgIpc) is 2.92. The van der Waals surface area contributed by atoms with E-state index in [0.717, 1.165) is 30.6 Å². The molecule has 3 fully saturated rings. The molecule has 4 rings (SSSR count). The largest absolute Gasteiger partial charge is 0.295 e. The highest BCUT2D eigenvalue weighted by atomic mass is 16.1. The molecule has 132 valence electrons. The zero-order valence-corrected chi connectivity index (χ0v) is 16.1. The zero-order chi connectivity index (χ0) is 17.1. The molecule has 4 aliphatic rings. The van der Waals surface area contributed by atoms with Crippen LogP contribution in [-0.4, -0.2) is 5.78 Å². The van der Waals surface area contributed by atoms with Gasteiger partial charge in [0, 0.05) is 6.42 Å². The van der Waals surface area contributed by atoms with Crippen molar-refractivity contribution >= 4 is 5.78 Å². The van der Waals surface area contributed by atoms with Gasteiger partial charge in [-0.25, -0.2) is 0 Å². The Morgan fingerprint density at radius 2 is 1.79 bits per heavy atom. The van der Waals surface area contributed by atoms with Gasteiger partial charge in [-0.1, -0.05) is 37.5 Å². The van der Waals surface area contributed by atoms with Gasteiger partial charge in [0.2, 0.25) is 0 Å². The van der Waals surface area contributed by atoms with Crippen LogP contribution in [0.5, 0.6) is 0 Å². The molecule has 0 aliphatic heterocycles. The van der Waals surface area contributed by atoms with Crippen LogP contribution in [0.4, 0.5) is 0 Å². The SMILES string of the molecule is CC/C(C)=C1\CCC2C3CCC4=CC(=O)CCC4(C)C3CCC12C. The van der Waals surface area contributed by atoms with Crippen molar-refractivity contribution in [2.24, 2.45) is 28.6 Å². The summed E-state index contributed by atoms with van der Waals surface area (Å²) >= 11 is 0. The third-order valence-corrected chi connectivity index (χ3v) is 8.79. The van der Waals surface area contributed by atoms with Gasteiger partial charge >= 0.3 is 0 Å². The lowest BCUT2D eigenvalue weighted by atomic mass is 9.47. The topological polar surface area (TPSA) is 17.1 Å². The lowest BCUT2D eigenvalue weighted by molar-refractivity contribution is -0.117. The number of hydrogen-bond donors (Lipinski definition) is 0. The van der Waals surface area contributed by atoms with Gasteiger partial charge in [0.1, 0.15) is 0 Å². The quantitative estimate of drug-likeness (QED) is 0.521. The van der Waals surface area contributed by atoms with Crippen molar-refractivity contribution in [2.75, 3.05) is 0 Å². The van der Waals surface area contributed by atoms with E-state index in [9.17, 15) is 4.79 Å². The highest BCUT2D eigenvalue weighted by Gasteiger charge is 2.57. The normalized spacial score (nSPS) is 46.8. The molecule has 0 heterocycles. The number of rotatable bonds is 1. The Bertz CT molecular complexity index is 624. The minimum atomic E-state index is 0.324. The first kappa shape index (κ1) is 16.6. The van der Waals surface area contributed by atoms with Crippen molar-refractivity contribution in [3.05, 3.63) is 22.8 Å². The van der Waals surface area contributed by atoms with Crippen LogP contribution in [-0.2, 0) is 4.79 Å². The summed E-state index contributed by atoms with van der Waals surface area (Å²) in [6.45, 7) is 9.79. The van der Waals surface area contributed by atoms with Gasteiger partial charge in [-0.3, -0.25) is 4.79 Å². The first-order valence-electron chi connectivity index (χ1n) is 10.3. The first-order chi connectivity index (χ1) is 11.4. The Labute approximate surface area is 148 Å². The van der Waals surface area contributed by atoms with E-state index in [2.05, 4.69) is 27.7 Å². The molecule has 0 N–H and O–H groups in total. The maximum atomic E-state index is 11.9. The van der Waals surface area contributed by atoms with Crippen LogP contribution < -0.4 is 0 Å². The maximum Gasteiger partial charge on any atom is 0.155 e. The van der Waals surface area contributed by atoms with Crippen LogP contribution in [0.15, 0.2) is 22.8 Å². The number of hydrogen-bond acceptors (Lipinski definition) is 1. The van der Waals surface area contributed by atoms with Crippen molar-refractivity contribution in [3.8, 4) is 0 Å². The Morgan fingerprint density at radius 3 is 2.54 bits per heavy atom. The van der Waals surface area contributed by atoms with E-state index in [1.165, 1.54) is 50.5 Å². The summed E-state index contributed by atoms with van der Waals surface area (Å²) < 4.78 is 0. The first-order valence-corrected chi connectivity index (χ1v) is 10.3. The van der Waals surface area contributed by atoms with Crippen LogP contribution in [0.3, 0.4) is 0 Å². The van der Waals surface area contributed by atoms with Gasteiger partial charge in [-0.05, 0) is 93.0 Å². The summed E-state index contributed by atoms with van der Waals surface area (Å²) in [5.41, 5.74) is 5.79. The lowest BCUT2D eigenvalue weighted by Gasteiger charge is -2.57. The van der Waals surface area contributed by atoms with Crippen LogP contribution in [0.2, 0.25) is 0 Å². The van der Waals surface area contributed by atoms with E-state index < -0.39 is 0 Å². The monoisotopic (exact) mass is 326 g/mol. The second-order valence-electron chi connectivity index (χ2n) is 9.58. The summed E-state index contributed by atoms with van der Waals surface area (Å²) in [7, 11) is 0. The molecule has 0 bridgehead atoms. The molecule has 1 heteroatoms. The average molecular weight is 327 g/mol. The fourth-order valence-corrected chi connectivity index (χ4v) is 7.29. The fraction of sp³-hybridized carbons (Fsp3) is 0.783. The van der Waals surface area contributed by atoms with E-state index in [1.807, 2.05) is 11.6 Å². The lowest BCUT2D eigenvalue weighted by Crippen LogP contribution is -2.49. The van der Waals surface area contributed by atoms with Gasteiger partial charge in [-0.2, -0.15) is 0 Å². The molecule has 5 atom stereocenters. The molecule has 0 radical (unpaired) electrons. The molecular weight excluding hydrogens is 292 g/mol. The minimum Gasteiger partial charge on any atom is -0.295 e. The number of carbonyl (C=O) groups is 1. The molecule has 3 saturated carbocycles. The summed E-state index contributed by atoms with van der Waals surface area (Å²) in [6.07, 6.45) is 13.2. The zero-order valence-electron chi connectivity index (χ0n) is 16.1. The predicted octanol–water partition coefficient (Wildman–Crippen LogP) is 6.24. The number of fused-ring (bicyclic) bond motifs is 5. The van der Waals surface area contributed by atoms with E-state index in [0.29, 0.717) is 16.6 Å². The fourth-order valence-electron chi connectivity index (χ4n) is 7.29. The number of allylic oxidation sites excluding steroid dienone is 3. The smallest absolute Gasteiger partial charge is 0.155 e. The summed E-state index contributed by atoms with van der Waals surface area (Å²) in [5, 5.41) is 0. The Morgan fingerprint density at radius 1 is 1.04 bits per heavy atom. The molecule has 24 heavy (non-hydrogen) atoms. The molecule has 0 aromatic rings. The van der Waals surface area contributed by atoms with Crippen LogP contribution >= 0.6 is 0 Å². The standard InChI is InChI=1S/C23H34O/c1-5-15(2)19-8-9-20-18-7-6-16-14-17(24)10-12-22(16,3)21(18)11-13-23(19,20)4/h14,18,20-21H,5-13H2,1-4H3/b19-15+.